The van der Waals surface area contributed by atoms with Crippen LogP contribution in [0.25, 0.3) is 32.4 Å². The average molecular weight is 673 g/mol. The number of alkyl halides is 3. The number of aliphatic carboxylic acids is 1. The molecule has 2 amide bonds. The quantitative estimate of drug-likeness (QED) is 0.260. The molecule has 10 nitrogen and oxygen atoms in total. The molecule has 0 radical (unpaired) electrons. The number of benzene rings is 1. The molecule has 2 aliphatic heterocycles. The molecule has 1 aromatic carbocycles. The summed E-state index contributed by atoms with van der Waals surface area (Å²) in [5.41, 5.74) is 3.73. The van der Waals surface area contributed by atoms with Crippen molar-refractivity contribution in [2.24, 2.45) is 22.7 Å². The van der Waals surface area contributed by atoms with E-state index >= 15 is 0 Å². The number of rotatable bonds is 5. The summed E-state index contributed by atoms with van der Waals surface area (Å²) in [6.07, 6.45) is 0.0652. The second-order valence-electron chi connectivity index (χ2n) is 12.5. The highest BCUT2D eigenvalue weighted by atomic mass is 35.5. The number of carbonyl (C=O) groups is 3. The average Bonchev–Trinajstić information content (AvgIpc) is 3.33. The zero-order chi connectivity index (χ0) is 33.2. The Balaban J connectivity index is 0.000000480. The number of carboxylic acid groups (broad SMARTS) is 1. The molecule has 0 spiro atoms. The van der Waals surface area contributed by atoms with E-state index in [-0.39, 0.29) is 35.6 Å². The number of piperidine rings is 2. The van der Waals surface area contributed by atoms with Gasteiger partial charge in [-0.2, -0.15) is 18.4 Å². The fourth-order valence-corrected chi connectivity index (χ4v) is 7.97. The van der Waals surface area contributed by atoms with Crippen molar-refractivity contribution in [2.75, 3.05) is 13.1 Å². The Morgan fingerprint density at radius 2 is 1.78 bits per heavy atom. The highest BCUT2D eigenvalue weighted by molar-refractivity contribution is 7.19. The second kappa shape index (κ2) is 11.3. The Kier molecular flexibility index (Phi) is 7.85. The molecule has 0 bridgehead atoms. The van der Waals surface area contributed by atoms with E-state index in [9.17, 15) is 28.0 Å². The largest absolute Gasteiger partial charge is 0.490 e. The first kappa shape index (κ1) is 31.9. The molecule has 2 atom stereocenters. The standard InChI is InChI=1S/C29H27ClN6O2S.C2HF3O2/c1-28(2)22-23(28)27(38)36(26(22)37)12-17-11-21-25(39-17)18(3-6-33-21)19-9-16(30)10-20-24(19)35(15-34-20)14-29(13-31)4-7-32-8-5-29;3-2(4,5)1(6)7/h3,6,9-11,15,22-23,32H,4-5,7-8,12,14H2,1-2H3;(H,6,7). The van der Waals surface area contributed by atoms with Gasteiger partial charge in [0, 0.05) is 33.8 Å². The summed E-state index contributed by atoms with van der Waals surface area (Å²) in [5, 5.41) is 21.2. The molecular formula is C31H28ClF3N6O4S. The van der Waals surface area contributed by atoms with Crippen LogP contribution in [0, 0.1) is 34.0 Å². The van der Waals surface area contributed by atoms with Crippen molar-refractivity contribution in [3.8, 4) is 17.2 Å². The predicted octanol–water partition coefficient (Wildman–Crippen LogP) is 5.63. The fraction of sp³-hybridized carbons (Fsp3) is 0.419. The van der Waals surface area contributed by atoms with Crippen LogP contribution in [0.2, 0.25) is 5.02 Å². The molecule has 3 fully saturated rings. The number of hydrogen-bond donors (Lipinski definition) is 2. The second-order valence-corrected chi connectivity index (χ2v) is 14.0. The molecule has 46 heavy (non-hydrogen) atoms. The van der Waals surface area contributed by atoms with Crippen LogP contribution in [0.4, 0.5) is 13.2 Å². The molecule has 2 N–H and O–H groups in total. The van der Waals surface area contributed by atoms with Gasteiger partial charge in [0.2, 0.25) is 11.8 Å². The third kappa shape index (κ3) is 5.50. The summed E-state index contributed by atoms with van der Waals surface area (Å²) in [6, 6.07) is 10.3. The number of imide groups is 1. The van der Waals surface area contributed by atoms with E-state index < -0.39 is 17.6 Å². The zero-order valence-corrected chi connectivity index (χ0v) is 26.3. The number of likely N-dealkylation sites (tertiary alicyclic amines) is 1. The van der Waals surface area contributed by atoms with Gasteiger partial charge >= 0.3 is 12.1 Å². The van der Waals surface area contributed by atoms with E-state index in [1.165, 1.54) is 4.90 Å². The first-order chi connectivity index (χ1) is 21.7. The molecule has 2 unspecified atom stereocenters. The molecule has 1 saturated carbocycles. The number of fused-ring (bicyclic) bond motifs is 3. The minimum Gasteiger partial charge on any atom is -0.475 e. The van der Waals surface area contributed by atoms with E-state index in [1.54, 1.807) is 23.9 Å². The van der Waals surface area contributed by atoms with Gasteiger partial charge in [-0.1, -0.05) is 25.4 Å². The number of hydrogen-bond acceptors (Lipinski definition) is 8. The number of nitrogens with zero attached hydrogens (tertiary/aromatic N) is 5. The van der Waals surface area contributed by atoms with Crippen molar-refractivity contribution >= 4 is 62.0 Å². The molecule has 2 saturated heterocycles. The maximum Gasteiger partial charge on any atom is 0.490 e. The van der Waals surface area contributed by atoms with Crippen molar-refractivity contribution in [2.45, 2.75) is 46.0 Å². The van der Waals surface area contributed by atoms with Gasteiger partial charge in [-0.15, -0.1) is 11.3 Å². The summed E-state index contributed by atoms with van der Waals surface area (Å²) in [6.45, 7) is 6.45. The topological polar surface area (TPSA) is 141 Å². The monoisotopic (exact) mass is 672 g/mol. The summed E-state index contributed by atoms with van der Waals surface area (Å²) in [7, 11) is 0. The molecule has 240 valence electrons. The zero-order valence-electron chi connectivity index (χ0n) is 24.7. The summed E-state index contributed by atoms with van der Waals surface area (Å²) < 4.78 is 34.8. The Morgan fingerprint density at radius 3 is 2.39 bits per heavy atom. The lowest BCUT2D eigenvalue weighted by atomic mass is 9.80. The molecule has 3 aromatic heterocycles. The molecular weight excluding hydrogens is 645 g/mol. The minimum absolute atomic E-state index is 0.0644. The van der Waals surface area contributed by atoms with Crippen molar-refractivity contribution in [1.29, 1.82) is 5.26 Å². The van der Waals surface area contributed by atoms with E-state index in [1.807, 2.05) is 38.1 Å². The number of nitrogens with one attached hydrogen (secondary N) is 1. The fourth-order valence-electron chi connectivity index (χ4n) is 6.63. The Bertz CT molecular complexity index is 1920. The van der Waals surface area contributed by atoms with E-state index in [2.05, 4.69) is 25.9 Å². The first-order valence-electron chi connectivity index (χ1n) is 14.5. The number of amides is 2. The van der Waals surface area contributed by atoms with Crippen LogP contribution in [0.3, 0.4) is 0 Å². The maximum absolute atomic E-state index is 12.9. The summed E-state index contributed by atoms with van der Waals surface area (Å²) in [5.74, 6) is -3.27. The maximum atomic E-state index is 12.9. The van der Waals surface area contributed by atoms with Gasteiger partial charge in [0.15, 0.2) is 0 Å². The van der Waals surface area contributed by atoms with Gasteiger partial charge in [0.05, 0.1) is 57.4 Å². The van der Waals surface area contributed by atoms with Gasteiger partial charge in [-0.05, 0) is 55.6 Å². The molecule has 5 heterocycles. The minimum atomic E-state index is -5.08. The number of thiophene rings is 1. The lowest BCUT2D eigenvalue weighted by molar-refractivity contribution is -0.192. The molecule has 1 aliphatic carbocycles. The molecule has 3 aliphatic rings. The molecule has 4 aromatic rings. The smallest absolute Gasteiger partial charge is 0.475 e. The van der Waals surface area contributed by atoms with Crippen molar-refractivity contribution in [1.82, 2.24) is 24.8 Å². The number of halogens is 4. The number of carbonyl (C=O) groups excluding carboxylic acids is 2. The van der Waals surface area contributed by atoms with E-state index in [0.717, 1.165) is 63.2 Å². The third-order valence-electron chi connectivity index (χ3n) is 9.15. The van der Waals surface area contributed by atoms with Crippen LogP contribution in [0.15, 0.2) is 36.8 Å². The number of carboxylic acids is 1. The Hall–Kier alpha value is -4.06. The van der Waals surface area contributed by atoms with Gasteiger partial charge in [0.25, 0.3) is 0 Å². The van der Waals surface area contributed by atoms with Gasteiger partial charge in [-0.3, -0.25) is 19.5 Å². The predicted molar refractivity (Wildman–Crippen MR) is 164 cm³/mol. The molecule has 7 rings (SSSR count). The first-order valence-corrected chi connectivity index (χ1v) is 15.7. The van der Waals surface area contributed by atoms with Crippen molar-refractivity contribution in [3.05, 3.63) is 46.7 Å². The normalized spacial score (nSPS) is 21.5. The van der Waals surface area contributed by atoms with Crippen LogP contribution in [0.5, 0.6) is 0 Å². The van der Waals surface area contributed by atoms with Gasteiger partial charge in [0.1, 0.15) is 0 Å². The SMILES string of the molecule is CC1(C)C2C(=O)N(Cc3cc4nccc(-c5cc(Cl)cc6ncn(CC7(C#N)CCNCC7)c56)c4s3)C(=O)C21.O=C(O)C(F)(F)F. The highest BCUT2D eigenvalue weighted by Crippen LogP contribution is 2.63. The number of pyridine rings is 1. The van der Waals surface area contributed by atoms with E-state index in [4.69, 9.17) is 21.5 Å². The Labute approximate surface area is 269 Å². The van der Waals surface area contributed by atoms with Crippen molar-refractivity contribution < 1.29 is 32.7 Å². The third-order valence-corrected chi connectivity index (χ3v) is 10.5. The lowest BCUT2D eigenvalue weighted by Crippen LogP contribution is -2.38. The van der Waals surface area contributed by atoms with Crippen LogP contribution in [0.1, 0.15) is 31.6 Å². The van der Waals surface area contributed by atoms with Crippen LogP contribution in [-0.2, 0) is 27.5 Å². The van der Waals surface area contributed by atoms with E-state index in [0.29, 0.717) is 11.6 Å². The number of aromatic nitrogens is 3. The van der Waals surface area contributed by atoms with Gasteiger partial charge in [-0.25, -0.2) is 9.78 Å². The summed E-state index contributed by atoms with van der Waals surface area (Å²) >= 11 is 8.11. The van der Waals surface area contributed by atoms with Gasteiger partial charge < -0.3 is 15.0 Å². The van der Waals surface area contributed by atoms with Crippen LogP contribution in [-0.4, -0.2) is 61.6 Å². The number of imidazole rings is 1. The highest BCUT2D eigenvalue weighted by Gasteiger charge is 2.72. The van der Waals surface area contributed by atoms with Crippen molar-refractivity contribution in [3.63, 3.8) is 0 Å². The van der Waals surface area contributed by atoms with Crippen LogP contribution < -0.4 is 5.32 Å². The number of nitriles is 1. The Morgan fingerprint density at radius 1 is 1.13 bits per heavy atom. The van der Waals surface area contributed by atoms with Crippen LogP contribution >= 0.6 is 22.9 Å². The molecule has 15 heteroatoms. The lowest BCUT2D eigenvalue weighted by Gasteiger charge is -2.31. The summed E-state index contributed by atoms with van der Waals surface area (Å²) in [4.78, 5) is 46.3.